The second-order valence-corrected chi connectivity index (χ2v) is 5.08. The van der Waals surface area contributed by atoms with Crippen molar-refractivity contribution < 1.29 is 19.4 Å². The number of carboxylic acids is 1. The summed E-state index contributed by atoms with van der Waals surface area (Å²) in [4.78, 5) is 26.4. The molecule has 1 atom stereocenters. The minimum Gasteiger partial charge on any atom is -0.481 e. The minimum absolute atomic E-state index is 0.219. The molecule has 1 rings (SSSR count). The summed E-state index contributed by atoms with van der Waals surface area (Å²) in [5.74, 6) is -1.00. The molecule has 0 aliphatic carbocycles. The number of ether oxygens (including phenoxy) is 1. The van der Waals surface area contributed by atoms with Gasteiger partial charge in [-0.3, -0.25) is 9.78 Å². The third-order valence-electron chi connectivity index (χ3n) is 2.18. The van der Waals surface area contributed by atoms with Crippen LogP contribution in [0.1, 0.15) is 38.8 Å². The minimum atomic E-state index is -1.00. The van der Waals surface area contributed by atoms with Crippen LogP contribution in [-0.4, -0.2) is 27.8 Å². The van der Waals surface area contributed by atoms with Crippen LogP contribution in [0.4, 0.5) is 4.79 Å². The third kappa shape index (κ3) is 5.85. The van der Waals surface area contributed by atoms with E-state index in [9.17, 15) is 9.59 Å². The van der Waals surface area contributed by atoms with Crippen molar-refractivity contribution >= 4 is 12.1 Å². The molecule has 1 aromatic heterocycles. The normalized spacial score (nSPS) is 12.6. The van der Waals surface area contributed by atoms with Gasteiger partial charge >= 0.3 is 12.1 Å². The van der Waals surface area contributed by atoms with E-state index in [-0.39, 0.29) is 6.42 Å². The van der Waals surface area contributed by atoms with Crippen molar-refractivity contribution in [3.05, 3.63) is 30.1 Å². The maximum absolute atomic E-state index is 11.7. The zero-order valence-corrected chi connectivity index (χ0v) is 11.2. The summed E-state index contributed by atoms with van der Waals surface area (Å²) in [5, 5.41) is 11.4. The van der Waals surface area contributed by atoms with E-state index in [1.54, 1.807) is 45.3 Å². The molecule has 0 aliphatic rings. The number of nitrogens with zero attached hydrogens (tertiary/aromatic N) is 1. The van der Waals surface area contributed by atoms with Gasteiger partial charge in [-0.1, -0.05) is 0 Å². The van der Waals surface area contributed by atoms with Gasteiger partial charge in [0.2, 0.25) is 0 Å². The van der Waals surface area contributed by atoms with Gasteiger partial charge in [0.05, 0.1) is 12.5 Å². The lowest BCUT2D eigenvalue weighted by molar-refractivity contribution is -0.137. The second-order valence-electron chi connectivity index (χ2n) is 5.08. The molecule has 6 heteroatoms. The smallest absolute Gasteiger partial charge is 0.408 e. The molecule has 0 radical (unpaired) electrons. The number of amides is 1. The largest absolute Gasteiger partial charge is 0.481 e. The molecule has 19 heavy (non-hydrogen) atoms. The van der Waals surface area contributed by atoms with Crippen LogP contribution < -0.4 is 5.32 Å². The molecule has 0 saturated heterocycles. The number of pyridine rings is 1. The van der Waals surface area contributed by atoms with Gasteiger partial charge in [0.1, 0.15) is 5.60 Å². The highest BCUT2D eigenvalue weighted by molar-refractivity contribution is 5.72. The number of hydrogen-bond donors (Lipinski definition) is 2. The molecule has 2 N–H and O–H groups in total. The standard InChI is InChI=1S/C13H18N2O4/c1-13(2,3)19-12(18)15-10(8-11(16)17)9-4-6-14-7-5-9/h4-7,10H,8H2,1-3H3,(H,15,18)(H,16,17)/t10-/m1/s1. The Hall–Kier alpha value is -2.11. The molecule has 1 aromatic rings. The number of carboxylic acid groups (broad SMARTS) is 1. The van der Waals surface area contributed by atoms with Crippen molar-refractivity contribution in [1.82, 2.24) is 10.3 Å². The first-order chi connectivity index (χ1) is 8.78. The van der Waals surface area contributed by atoms with Crippen molar-refractivity contribution in [2.75, 3.05) is 0 Å². The number of aliphatic carboxylic acids is 1. The van der Waals surface area contributed by atoms with Gasteiger partial charge in [0.15, 0.2) is 0 Å². The highest BCUT2D eigenvalue weighted by Crippen LogP contribution is 2.17. The van der Waals surface area contributed by atoms with Gasteiger partial charge in [0.25, 0.3) is 0 Å². The maximum atomic E-state index is 11.7. The number of aromatic nitrogens is 1. The molecule has 0 unspecified atom stereocenters. The summed E-state index contributed by atoms with van der Waals surface area (Å²) in [5.41, 5.74) is 0.0408. The summed E-state index contributed by atoms with van der Waals surface area (Å²) < 4.78 is 5.11. The fourth-order valence-corrected chi connectivity index (χ4v) is 1.47. The quantitative estimate of drug-likeness (QED) is 0.871. The molecule has 0 aromatic carbocycles. The predicted molar refractivity (Wildman–Crippen MR) is 68.6 cm³/mol. The van der Waals surface area contributed by atoms with Gasteiger partial charge in [-0.05, 0) is 38.5 Å². The Morgan fingerprint density at radius 1 is 1.37 bits per heavy atom. The van der Waals surface area contributed by atoms with Crippen molar-refractivity contribution in [2.24, 2.45) is 0 Å². The van der Waals surface area contributed by atoms with Gasteiger partial charge in [0, 0.05) is 12.4 Å². The van der Waals surface area contributed by atoms with E-state index >= 15 is 0 Å². The van der Waals surface area contributed by atoms with Crippen LogP contribution in [0.2, 0.25) is 0 Å². The first-order valence-corrected chi connectivity index (χ1v) is 5.89. The fraction of sp³-hybridized carbons (Fsp3) is 0.462. The molecule has 0 fully saturated rings. The van der Waals surface area contributed by atoms with Crippen molar-refractivity contribution in [3.8, 4) is 0 Å². The Morgan fingerprint density at radius 2 is 1.95 bits per heavy atom. The predicted octanol–water partition coefficient (Wildman–Crippen LogP) is 2.12. The van der Waals surface area contributed by atoms with E-state index in [0.29, 0.717) is 5.56 Å². The van der Waals surface area contributed by atoms with E-state index in [0.717, 1.165) is 0 Å². The number of alkyl carbamates (subject to hydrolysis) is 1. The zero-order valence-electron chi connectivity index (χ0n) is 11.2. The fourth-order valence-electron chi connectivity index (χ4n) is 1.47. The number of nitrogens with one attached hydrogen (secondary N) is 1. The summed E-state index contributed by atoms with van der Waals surface area (Å²) in [6.07, 6.45) is 2.22. The van der Waals surface area contributed by atoms with Crippen LogP contribution in [-0.2, 0) is 9.53 Å². The van der Waals surface area contributed by atoms with Gasteiger partial charge in [-0.15, -0.1) is 0 Å². The first-order valence-electron chi connectivity index (χ1n) is 5.89. The monoisotopic (exact) mass is 266 g/mol. The Labute approximate surface area is 111 Å². The molecule has 0 aliphatic heterocycles. The number of carbonyl (C=O) groups excluding carboxylic acids is 1. The van der Waals surface area contributed by atoms with Crippen molar-refractivity contribution in [1.29, 1.82) is 0 Å². The van der Waals surface area contributed by atoms with Crippen LogP contribution in [0, 0.1) is 0 Å². The van der Waals surface area contributed by atoms with E-state index in [2.05, 4.69) is 10.3 Å². The second kappa shape index (κ2) is 6.17. The lowest BCUT2D eigenvalue weighted by Crippen LogP contribution is -2.35. The topological polar surface area (TPSA) is 88.5 Å². The highest BCUT2D eigenvalue weighted by atomic mass is 16.6. The lowest BCUT2D eigenvalue weighted by Gasteiger charge is -2.23. The zero-order chi connectivity index (χ0) is 14.5. The third-order valence-corrected chi connectivity index (χ3v) is 2.18. The van der Waals surface area contributed by atoms with E-state index in [4.69, 9.17) is 9.84 Å². The average molecular weight is 266 g/mol. The van der Waals surface area contributed by atoms with E-state index < -0.39 is 23.7 Å². The van der Waals surface area contributed by atoms with Gasteiger partial charge in [-0.25, -0.2) is 4.79 Å². The molecule has 1 heterocycles. The van der Waals surface area contributed by atoms with Crippen LogP contribution in [0.15, 0.2) is 24.5 Å². The number of carbonyl (C=O) groups is 2. The van der Waals surface area contributed by atoms with E-state index in [1.807, 2.05) is 0 Å². The molecule has 104 valence electrons. The summed E-state index contributed by atoms with van der Waals surface area (Å²) >= 11 is 0. The van der Waals surface area contributed by atoms with Crippen molar-refractivity contribution in [3.63, 3.8) is 0 Å². The SMILES string of the molecule is CC(C)(C)OC(=O)N[C@H](CC(=O)O)c1ccncc1. The highest BCUT2D eigenvalue weighted by Gasteiger charge is 2.22. The Morgan fingerprint density at radius 3 is 2.42 bits per heavy atom. The van der Waals surface area contributed by atoms with Gasteiger partial charge < -0.3 is 15.2 Å². The summed E-state index contributed by atoms with van der Waals surface area (Å²) in [6, 6.07) is 2.67. The number of hydrogen-bond acceptors (Lipinski definition) is 4. The summed E-state index contributed by atoms with van der Waals surface area (Å²) in [7, 11) is 0. The van der Waals surface area contributed by atoms with Crippen LogP contribution in [0.3, 0.4) is 0 Å². The van der Waals surface area contributed by atoms with E-state index in [1.165, 1.54) is 0 Å². The molecule has 0 bridgehead atoms. The van der Waals surface area contributed by atoms with Crippen LogP contribution in [0.25, 0.3) is 0 Å². The average Bonchev–Trinajstić information content (AvgIpc) is 2.26. The molecule has 1 amide bonds. The van der Waals surface area contributed by atoms with Crippen molar-refractivity contribution in [2.45, 2.75) is 38.8 Å². The number of rotatable bonds is 4. The Kier molecular flexibility index (Phi) is 4.86. The first kappa shape index (κ1) is 14.9. The Balaban J connectivity index is 2.76. The molecule has 0 spiro atoms. The molecular formula is C13H18N2O4. The Bertz CT molecular complexity index is 440. The molecule has 0 saturated carbocycles. The van der Waals surface area contributed by atoms with Gasteiger partial charge in [-0.2, -0.15) is 0 Å². The molecule has 6 nitrogen and oxygen atoms in total. The van der Waals surface area contributed by atoms with Crippen LogP contribution >= 0.6 is 0 Å². The summed E-state index contributed by atoms with van der Waals surface area (Å²) in [6.45, 7) is 5.22. The molecular weight excluding hydrogens is 248 g/mol. The van der Waals surface area contributed by atoms with Crippen LogP contribution in [0.5, 0.6) is 0 Å². The lowest BCUT2D eigenvalue weighted by atomic mass is 10.1. The maximum Gasteiger partial charge on any atom is 0.408 e.